The van der Waals surface area contributed by atoms with Crippen LogP contribution in [0.25, 0.3) is 0 Å². The number of ketones is 1. The maximum atomic E-state index is 13.3. The lowest BCUT2D eigenvalue weighted by Crippen LogP contribution is -2.39. The van der Waals surface area contributed by atoms with Gasteiger partial charge in [0, 0.05) is 24.1 Å². The van der Waals surface area contributed by atoms with Crippen molar-refractivity contribution in [2.75, 3.05) is 10.2 Å². The van der Waals surface area contributed by atoms with Gasteiger partial charge >= 0.3 is 5.88 Å². The second-order valence-electron chi connectivity index (χ2n) is 8.43. The molecule has 30 heavy (non-hydrogen) atoms. The van der Waals surface area contributed by atoms with E-state index < -0.39 is 16.8 Å². The third kappa shape index (κ3) is 3.28. The maximum Gasteiger partial charge on any atom is 0.433 e. The maximum absolute atomic E-state index is 13.3. The molecular formula is C22H23N3O5. The highest BCUT2D eigenvalue weighted by Gasteiger charge is 2.44. The van der Waals surface area contributed by atoms with Crippen molar-refractivity contribution in [2.45, 2.75) is 46.1 Å². The van der Waals surface area contributed by atoms with Crippen molar-refractivity contribution in [1.29, 1.82) is 0 Å². The lowest BCUT2D eigenvalue weighted by atomic mass is 9.74. The smallest absolute Gasteiger partial charge is 0.403 e. The lowest BCUT2D eigenvalue weighted by Gasteiger charge is -2.35. The van der Waals surface area contributed by atoms with E-state index in [4.69, 9.17) is 4.42 Å². The summed E-state index contributed by atoms with van der Waals surface area (Å²) in [5.41, 5.74) is 2.21. The number of amides is 1. The molecule has 1 N–H and O–H groups in total. The Hall–Kier alpha value is -3.42. The molecule has 1 aromatic carbocycles. The zero-order chi connectivity index (χ0) is 21.6. The average molecular weight is 409 g/mol. The van der Waals surface area contributed by atoms with Gasteiger partial charge in [0.1, 0.15) is 16.7 Å². The fourth-order valence-electron chi connectivity index (χ4n) is 4.29. The number of carbonyl (C=O) groups is 2. The van der Waals surface area contributed by atoms with Gasteiger partial charge in [-0.3, -0.25) is 24.6 Å². The first-order valence-corrected chi connectivity index (χ1v) is 9.90. The molecule has 1 aliphatic carbocycles. The number of para-hydroxylation sites is 2. The number of nitrogens with one attached hydrogen (secondary N) is 1. The molecule has 0 saturated heterocycles. The summed E-state index contributed by atoms with van der Waals surface area (Å²) in [5, 5.41) is 14.6. The zero-order valence-electron chi connectivity index (χ0n) is 17.1. The summed E-state index contributed by atoms with van der Waals surface area (Å²) in [6, 6.07) is 9.18. The summed E-state index contributed by atoms with van der Waals surface area (Å²) >= 11 is 0. The van der Waals surface area contributed by atoms with Crippen LogP contribution in [-0.2, 0) is 9.59 Å². The molecular weight excluding hydrogens is 386 g/mol. The van der Waals surface area contributed by atoms with Crippen LogP contribution in [0.3, 0.4) is 0 Å². The molecule has 1 amide bonds. The van der Waals surface area contributed by atoms with E-state index in [1.54, 1.807) is 13.0 Å². The number of carbonyl (C=O) groups excluding carboxylic acids is 2. The number of furan rings is 1. The van der Waals surface area contributed by atoms with Gasteiger partial charge in [-0.25, -0.2) is 0 Å². The van der Waals surface area contributed by atoms with Crippen LogP contribution in [0.15, 0.2) is 52.1 Å². The molecule has 2 aliphatic rings. The molecule has 0 radical (unpaired) electrons. The van der Waals surface area contributed by atoms with E-state index in [1.165, 1.54) is 17.0 Å². The van der Waals surface area contributed by atoms with Gasteiger partial charge < -0.3 is 9.73 Å². The second-order valence-corrected chi connectivity index (χ2v) is 8.43. The normalized spacial score (nSPS) is 20.2. The van der Waals surface area contributed by atoms with Gasteiger partial charge in [-0.15, -0.1) is 0 Å². The Kier molecular flexibility index (Phi) is 4.72. The standard InChI is InChI=1S/C22H23N3O5/c1-4-18(27)24-15-8-6-5-7-13(15)23-14-11-22(2,3)12-16(26)20(14)21(24)17-9-10-19(30-17)25(28)29/h5-10,21,23H,4,11-12H2,1-3H3. The Bertz CT molecular complexity index is 1080. The lowest BCUT2D eigenvalue weighted by molar-refractivity contribution is -0.402. The van der Waals surface area contributed by atoms with Gasteiger partial charge in [0.2, 0.25) is 5.91 Å². The van der Waals surface area contributed by atoms with E-state index in [2.05, 4.69) is 5.32 Å². The zero-order valence-corrected chi connectivity index (χ0v) is 17.1. The number of benzene rings is 1. The monoisotopic (exact) mass is 409 g/mol. The number of rotatable bonds is 3. The molecule has 0 bridgehead atoms. The Morgan fingerprint density at radius 1 is 1.27 bits per heavy atom. The van der Waals surface area contributed by atoms with Crippen LogP contribution in [0.4, 0.5) is 17.3 Å². The molecule has 2 heterocycles. The first-order chi connectivity index (χ1) is 14.2. The van der Waals surface area contributed by atoms with E-state index in [0.29, 0.717) is 29.8 Å². The Labute approximate surface area is 173 Å². The Morgan fingerprint density at radius 2 is 2.00 bits per heavy atom. The highest BCUT2D eigenvalue weighted by Crippen LogP contribution is 2.48. The van der Waals surface area contributed by atoms with Crippen LogP contribution in [0.2, 0.25) is 0 Å². The molecule has 8 heteroatoms. The second kappa shape index (κ2) is 7.12. The Morgan fingerprint density at radius 3 is 2.67 bits per heavy atom. The van der Waals surface area contributed by atoms with Gasteiger partial charge in [-0.05, 0) is 30.0 Å². The highest BCUT2D eigenvalue weighted by atomic mass is 16.6. The molecule has 0 saturated carbocycles. The molecule has 4 rings (SSSR count). The van der Waals surface area contributed by atoms with Gasteiger partial charge in [0.25, 0.3) is 0 Å². The van der Waals surface area contributed by atoms with Crippen LogP contribution < -0.4 is 10.2 Å². The quantitative estimate of drug-likeness (QED) is 0.580. The largest absolute Gasteiger partial charge is 0.433 e. The predicted molar refractivity (Wildman–Crippen MR) is 111 cm³/mol. The highest BCUT2D eigenvalue weighted by molar-refractivity contribution is 6.06. The summed E-state index contributed by atoms with van der Waals surface area (Å²) in [6.07, 6.45) is 1.13. The van der Waals surface area contributed by atoms with Crippen molar-refractivity contribution in [3.8, 4) is 0 Å². The first-order valence-electron chi connectivity index (χ1n) is 9.90. The molecule has 1 aliphatic heterocycles. The predicted octanol–water partition coefficient (Wildman–Crippen LogP) is 4.74. The number of allylic oxidation sites excluding steroid dienone is 1. The molecule has 0 fully saturated rings. The first kappa shape index (κ1) is 19.9. The van der Waals surface area contributed by atoms with Crippen LogP contribution in [0, 0.1) is 15.5 Å². The minimum Gasteiger partial charge on any atom is -0.403 e. The summed E-state index contributed by atoms with van der Waals surface area (Å²) in [5.74, 6) is -0.535. The topological polar surface area (TPSA) is 106 Å². The van der Waals surface area contributed by atoms with E-state index in [1.807, 2.05) is 32.0 Å². The Balaban J connectivity index is 2.00. The van der Waals surface area contributed by atoms with Crippen molar-refractivity contribution in [3.05, 3.63) is 63.5 Å². The van der Waals surface area contributed by atoms with E-state index in [9.17, 15) is 19.7 Å². The van der Waals surface area contributed by atoms with Crippen molar-refractivity contribution >= 4 is 28.9 Å². The average Bonchev–Trinajstić information content (AvgIpc) is 3.11. The summed E-state index contributed by atoms with van der Waals surface area (Å²) in [4.78, 5) is 38.5. The summed E-state index contributed by atoms with van der Waals surface area (Å²) in [6.45, 7) is 5.79. The SMILES string of the molecule is CCC(=O)N1c2ccccc2NC2=C(C(=O)CC(C)(C)C2)C1c1ccc([N+](=O)[O-])o1. The van der Waals surface area contributed by atoms with Crippen molar-refractivity contribution < 1.29 is 18.9 Å². The molecule has 0 spiro atoms. The van der Waals surface area contributed by atoms with Gasteiger partial charge in [0.15, 0.2) is 5.78 Å². The number of fused-ring (bicyclic) bond motifs is 1. The van der Waals surface area contributed by atoms with Crippen molar-refractivity contribution in [3.63, 3.8) is 0 Å². The number of anilines is 2. The number of nitrogens with zero attached hydrogens (tertiary/aromatic N) is 2. The number of hydrogen-bond acceptors (Lipinski definition) is 6. The van der Waals surface area contributed by atoms with E-state index in [-0.39, 0.29) is 29.3 Å². The fourth-order valence-corrected chi connectivity index (χ4v) is 4.29. The van der Waals surface area contributed by atoms with Crippen LogP contribution in [0.5, 0.6) is 0 Å². The third-order valence-corrected chi connectivity index (χ3v) is 5.53. The fraction of sp³-hybridized carbons (Fsp3) is 0.364. The number of Topliss-reactive ketones (excluding diaryl/α,β-unsaturated/α-hetero) is 1. The molecule has 156 valence electrons. The van der Waals surface area contributed by atoms with Gasteiger partial charge in [0.05, 0.1) is 17.4 Å². The van der Waals surface area contributed by atoms with Gasteiger partial charge in [-0.1, -0.05) is 32.9 Å². The molecule has 1 atom stereocenters. The number of nitro groups is 1. The summed E-state index contributed by atoms with van der Waals surface area (Å²) in [7, 11) is 0. The van der Waals surface area contributed by atoms with E-state index >= 15 is 0 Å². The van der Waals surface area contributed by atoms with Crippen LogP contribution >= 0.6 is 0 Å². The molecule has 2 aromatic rings. The van der Waals surface area contributed by atoms with Crippen LogP contribution in [-0.4, -0.2) is 16.6 Å². The number of hydrogen-bond donors (Lipinski definition) is 1. The van der Waals surface area contributed by atoms with Gasteiger partial charge in [-0.2, -0.15) is 0 Å². The van der Waals surface area contributed by atoms with E-state index in [0.717, 1.165) is 5.70 Å². The minimum absolute atomic E-state index is 0.0977. The molecule has 1 unspecified atom stereocenters. The molecule has 1 aromatic heterocycles. The third-order valence-electron chi connectivity index (χ3n) is 5.53. The summed E-state index contributed by atoms with van der Waals surface area (Å²) < 4.78 is 5.52. The van der Waals surface area contributed by atoms with Crippen molar-refractivity contribution in [1.82, 2.24) is 0 Å². The van der Waals surface area contributed by atoms with Crippen LogP contribution in [0.1, 0.15) is 51.8 Å². The minimum atomic E-state index is -0.874. The van der Waals surface area contributed by atoms with Crippen molar-refractivity contribution in [2.24, 2.45) is 5.41 Å². The molecule has 8 nitrogen and oxygen atoms in total.